The zero-order valence-corrected chi connectivity index (χ0v) is 11.8. The summed E-state index contributed by atoms with van der Waals surface area (Å²) in [5.74, 6) is 0.226. The minimum atomic E-state index is 0.226. The van der Waals surface area contributed by atoms with E-state index in [4.69, 9.17) is 0 Å². The number of benzene rings is 1. The molecule has 0 radical (unpaired) electrons. The van der Waals surface area contributed by atoms with Crippen molar-refractivity contribution in [3.8, 4) is 11.3 Å². The summed E-state index contributed by atoms with van der Waals surface area (Å²) >= 11 is 0. The van der Waals surface area contributed by atoms with E-state index in [2.05, 4.69) is 21.0 Å². The molecule has 1 aliphatic carbocycles. The third-order valence-corrected chi connectivity index (χ3v) is 4.09. The lowest BCUT2D eigenvalue weighted by Gasteiger charge is -2.09. The summed E-state index contributed by atoms with van der Waals surface area (Å²) in [4.78, 5) is 24.0. The van der Waals surface area contributed by atoms with Gasteiger partial charge in [0.25, 0.3) is 0 Å². The first-order valence-electron chi connectivity index (χ1n) is 7.19. The predicted molar refractivity (Wildman–Crippen MR) is 81.3 cm³/mol. The van der Waals surface area contributed by atoms with Crippen LogP contribution in [0.25, 0.3) is 22.2 Å². The smallest absolute Gasteiger partial charge is 0.179 e. The normalized spacial score (nSPS) is 14.4. The van der Waals surface area contributed by atoms with Gasteiger partial charge in [-0.25, -0.2) is 0 Å². The summed E-state index contributed by atoms with van der Waals surface area (Å²) in [6, 6.07) is 6.16. The highest BCUT2D eigenvalue weighted by atomic mass is 16.1. The summed E-state index contributed by atoms with van der Waals surface area (Å²) in [5.41, 5.74) is 5.78. The SMILES string of the molecule is Cc1cnc(-c2ccc3[nH]c4c(c3c2)CCCC4=O)cn1. The van der Waals surface area contributed by atoms with Crippen LogP contribution in [0.3, 0.4) is 0 Å². The molecular formula is C17H15N3O. The van der Waals surface area contributed by atoms with Gasteiger partial charge >= 0.3 is 0 Å². The Morgan fingerprint density at radius 3 is 2.86 bits per heavy atom. The van der Waals surface area contributed by atoms with E-state index in [9.17, 15) is 4.79 Å². The lowest BCUT2D eigenvalue weighted by atomic mass is 9.94. The topological polar surface area (TPSA) is 58.6 Å². The number of aromatic amines is 1. The molecule has 4 heteroatoms. The van der Waals surface area contributed by atoms with Crippen molar-refractivity contribution in [3.05, 3.63) is 47.5 Å². The van der Waals surface area contributed by atoms with Gasteiger partial charge in [0, 0.05) is 29.1 Å². The van der Waals surface area contributed by atoms with E-state index in [1.807, 2.05) is 19.1 Å². The summed E-state index contributed by atoms with van der Waals surface area (Å²) in [5, 5.41) is 1.14. The largest absolute Gasteiger partial charge is 0.352 e. The maximum absolute atomic E-state index is 12.0. The van der Waals surface area contributed by atoms with Gasteiger partial charge in [0.1, 0.15) is 0 Å². The number of Topliss-reactive ketones (excluding diaryl/α,β-unsaturated/α-hetero) is 1. The molecule has 0 saturated heterocycles. The van der Waals surface area contributed by atoms with Crippen molar-refractivity contribution in [2.75, 3.05) is 0 Å². The molecule has 4 rings (SSSR count). The first-order valence-corrected chi connectivity index (χ1v) is 7.19. The molecule has 0 saturated carbocycles. The second-order valence-electron chi connectivity index (χ2n) is 5.56. The predicted octanol–water partition coefficient (Wildman–Crippen LogP) is 3.45. The van der Waals surface area contributed by atoms with Crippen molar-refractivity contribution < 1.29 is 4.79 Å². The molecule has 0 amide bonds. The van der Waals surface area contributed by atoms with Crippen LogP contribution < -0.4 is 0 Å². The number of hydrogen-bond donors (Lipinski definition) is 1. The molecule has 2 aromatic heterocycles. The van der Waals surface area contributed by atoms with Crippen LogP contribution in [-0.4, -0.2) is 20.7 Å². The summed E-state index contributed by atoms with van der Waals surface area (Å²) in [7, 11) is 0. The molecule has 21 heavy (non-hydrogen) atoms. The van der Waals surface area contributed by atoms with Gasteiger partial charge in [-0.1, -0.05) is 6.07 Å². The third kappa shape index (κ3) is 1.95. The van der Waals surface area contributed by atoms with E-state index in [-0.39, 0.29) is 5.78 Å². The molecule has 0 aliphatic heterocycles. The molecule has 1 aliphatic rings. The maximum Gasteiger partial charge on any atom is 0.179 e. The maximum atomic E-state index is 12.0. The number of fused-ring (bicyclic) bond motifs is 3. The van der Waals surface area contributed by atoms with Gasteiger partial charge in [0.15, 0.2) is 5.78 Å². The number of rotatable bonds is 1. The number of ketones is 1. The molecule has 104 valence electrons. The second kappa shape index (κ2) is 4.52. The van der Waals surface area contributed by atoms with E-state index >= 15 is 0 Å². The number of carbonyl (C=O) groups excluding carboxylic acids is 1. The average Bonchev–Trinajstić information content (AvgIpc) is 2.87. The van der Waals surface area contributed by atoms with Crippen molar-refractivity contribution >= 4 is 16.7 Å². The number of aryl methyl sites for hydroxylation is 2. The van der Waals surface area contributed by atoms with Crippen molar-refractivity contribution in [2.24, 2.45) is 0 Å². The van der Waals surface area contributed by atoms with Crippen molar-refractivity contribution in [1.82, 2.24) is 15.0 Å². The highest BCUT2D eigenvalue weighted by Crippen LogP contribution is 2.31. The van der Waals surface area contributed by atoms with Crippen LogP contribution in [0.1, 0.15) is 34.6 Å². The van der Waals surface area contributed by atoms with Gasteiger partial charge in [0.2, 0.25) is 0 Å². The molecule has 0 bridgehead atoms. The molecule has 3 aromatic rings. The van der Waals surface area contributed by atoms with E-state index in [0.717, 1.165) is 52.0 Å². The first-order chi connectivity index (χ1) is 10.2. The van der Waals surface area contributed by atoms with Gasteiger partial charge in [-0.3, -0.25) is 14.8 Å². The quantitative estimate of drug-likeness (QED) is 0.741. The number of H-pyrrole nitrogens is 1. The van der Waals surface area contributed by atoms with E-state index in [0.29, 0.717) is 6.42 Å². The highest BCUT2D eigenvalue weighted by molar-refractivity contribution is 6.04. The van der Waals surface area contributed by atoms with Crippen LogP contribution in [0.4, 0.5) is 0 Å². The lowest BCUT2D eigenvalue weighted by molar-refractivity contribution is 0.0968. The Morgan fingerprint density at radius 2 is 2.05 bits per heavy atom. The Balaban J connectivity index is 1.89. The van der Waals surface area contributed by atoms with E-state index in [1.165, 1.54) is 0 Å². The van der Waals surface area contributed by atoms with Gasteiger partial charge in [-0.05, 0) is 37.5 Å². The van der Waals surface area contributed by atoms with Gasteiger partial charge in [-0.2, -0.15) is 0 Å². The van der Waals surface area contributed by atoms with Crippen molar-refractivity contribution in [2.45, 2.75) is 26.2 Å². The third-order valence-electron chi connectivity index (χ3n) is 4.09. The summed E-state index contributed by atoms with van der Waals surface area (Å²) < 4.78 is 0. The number of aromatic nitrogens is 3. The highest BCUT2D eigenvalue weighted by Gasteiger charge is 2.22. The Kier molecular flexibility index (Phi) is 2.64. The molecule has 0 fully saturated rings. The van der Waals surface area contributed by atoms with Crippen LogP contribution >= 0.6 is 0 Å². The van der Waals surface area contributed by atoms with Crippen molar-refractivity contribution in [1.29, 1.82) is 0 Å². The minimum absolute atomic E-state index is 0.226. The van der Waals surface area contributed by atoms with Gasteiger partial charge in [0.05, 0.1) is 23.3 Å². The number of carbonyl (C=O) groups is 1. The molecule has 0 atom stereocenters. The fourth-order valence-corrected chi connectivity index (χ4v) is 3.00. The molecule has 0 spiro atoms. The van der Waals surface area contributed by atoms with Crippen LogP contribution in [0.5, 0.6) is 0 Å². The summed E-state index contributed by atoms with van der Waals surface area (Å²) in [6.45, 7) is 1.92. The molecule has 1 N–H and O–H groups in total. The van der Waals surface area contributed by atoms with E-state index < -0.39 is 0 Å². The number of nitrogens with one attached hydrogen (secondary N) is 1. The number of nitrogens with zero attached hydrogens (tertiary/aromatic N) is 2. The van der Waals surface area contributed by atoms with Gasteiger partial charge in [-0.15, -0.1) is 0 Å². The minimum Gasteiger partial charge on any atom is -0.352 e. The molecule has 1 aromatic carbocycles. The fourth-order valence-electron chi connectivity index (χ4n) is 3.00. The first kappa shape index (κ1) is 12.3. The number of hydrogen-bond acceptors (Lipinski definition) is 3. The van der Waals surface area contributed by atoms with Crippen molar-refractivity contribution in [3.63, 3.8) is 0 Å². The Hall–Kier alpha value is -2.49. The lowest BCUT2D eigenvalue weighted by Crippen LogP contribution is -2.09. The Morgan fingerprint density at radius 1 is 1.14 bits per heavy atom. The van der Waals surface area contributed by atoms with E-state index in [1.54, 1.807) is 12.4 Å². The monoisotopic (exact) mass is 277 g/mol. The standard InChI is InChI=1S/C17H15N3O/c1-10-8-19-15(9-18-10)11-5-6-14-13(7-11)12-3-2-4-16(21)17(12)20-14/h5-9,20H,2-4H2,1H3. The Bertz CT molecular complexity index is 846. The zero-order valence-electron chi connectivity index (χ0n) is 11.8. The second-order valence-corrected chi connectivity index (χ2v) is 5.56. The van der Waals surface area contributed by atoms with Crippen LogP contribution in [0, 0.1) is 6.92 Å². The fraction of sp³-hybridized carbons (Fsp3) is 0.235. The molecule has 4 nitrogen and oxygen atoms in total. The molecule has 2 heterocycles. The molecule has 0 unspecified atom stereocenters. The van der Waals surface area contributed by atoms with Crippen LogP contribution in [0.15, 0.2) is 30.6 Å². The van der Waals surface area contributed by atoms with Crippen LogP contribution in [0.2, 0.25) is 0 Å². The zero-order chi connectivity index (χ0) is 14.4. The van der Waals surface area contributed by atoms with Gasteiger partial charge < -0.3 is 4.98 Å². The molecular weight excluding hydrogens is 262 g/mol. The Labute approximate surface area is 122 Å². The summed E-state index contributed by atoms with van der Waals surface area (Å²) in [6.07, 6.45) is 6.12. The van der Waals surface area contributed by atoms with Crippen LogP contribution in [-0.2, 0) is 6.42 Å². The average molecular weight is 277 g/mol.